The maximum Gasteiger partial charge on any atom is 0.103 e. The van der Waals surface area contributed by atoms with Crippen LogP contribution in [0.4, 0.5) is 0 Å². The molecule has 3 aromatic rings. The van der Waals surface area contributed by atoms with E-state index < -0.39 is 0 Å². The molecule has 0 spiro atoms. The van der Waals surface area contributed by atoms with Crippen LogP contribution >= 0.6 is 0 Å². The van der Waals surface area contributed by atoms with E-state index in [1.54, 1.807) is 6.26 Å². The van der Waals surface area contributed by atoms with E-state index >= 15 is 0 Å². The van der Waals surface area contributed by atoms with Gasteiger partial charge in [-0.1, -0.05) is 12.1 Å². The topological polar surface area (TPSA) is 51.0 Å². The number of fused-ring (bicyclic) bond motifs is 1. The SMILES string of the molecule is CC(CCc1ccco1)NCc1cnc2ccccc2n1. The van der Waals surface area contributed by atoms with Crippen molar-refractivity contribution in [2.24, 2.45) is 0 Å². The molecular weight excluding hydrogens is 262 g/mol. The van der Waals surface area contributed by atoms with Gasteiger partial charge in [0.1, 0.15) is 5.76 Å². The molecule has 0 aliphatic rings. The molecule has 4 nitrogen and oxygen atoms in total. The van der Waals surface area contributed by atoms with E-state index in [0.29, 0.717) is 6.04 Å². The molecule has 0 amide bonds. The second-order valence-corrected chi connectivity index (χ2v) is 5.25. The zero-order chi connectivity index (χ0) is 14.5. The summed E-state index contributed by atoms with van der Waals surface area (Å²) in [5.41, 5.74) is 2.85. The van der Waals surface area contributed by atoms with Crippen LogP contribution < -0.4 is 5.32 Å². The molecule has 0 radical (unpaired) electrons. The summed E-state index contributed by atoms with van der Waals surface area (Å²) in [7, 11) is 0. The fraction of sp³-hybridized carbons (Fsp3) is 0.294. The number of benzene rings is 1. The number of para-hydroxylation sites is 2. The van der Waals surface area contributed by atoms with Crippen molar-refractivity contribution in [1.29, 1.82) is 0 Å². The molecule has 3 rings (SSSR count). The zero-order valence-electron chi connectivity index (χ0n) is 12.1. The Hall–Kier alpha value is -2.20. The smallest absolute Gasteiger partial charge is 0.103 e. The molecule has 1 N–H and O–H groups in total. The van der Waals surface area contributed by atoms with Gasteiger partial charge < -0.3 is 9.73 Å². The van der Waals surface area contributed by atoms with Crippen molar-refractivity contribution in [3.05, 3.63) is 60.3 Å². The predicted octanol–water partition coefficient (Wildman–Crippen LogP) is 3.33. The summed E-state index contributed by atoms with van der Waals surface area (Å²) >= 11 is 0. The molecule has 4 heteroatoms. The molecule has 0 saturated carbocycles. The molecule has 0 saturated heterocycles. The molecule has 0 fully saturated rings. The molecule has 0 bridgehead atoms. The van der Waals surface area contributed by atoms with E-state index in [9.17, 15) is 0 Å². The first-order valence-electron chi connectivity index (χ1n) is 7.28. The van der Waals surface area contributed by atoms with Gasteiger partial charge in [-0.15, -0.1) is 0 Å². The van der Waals surface area contributed by atoms with Crippen LogP contribution in [0.5, 0.6) is 0 Å². The van der Waals surface area contributed by atoms with Crippen molar-refractivity contribution in [3.63, 3.8) is 0 Å². The third-order valence-corrected chi connectivity index (χ3v) is 3.53. The highest BCUT2D eigenvalue weighted by Gasteiger charge is 2.05. The quantitative estimate of drug-likeness (QED) is 0.753. The van der Waals surface area contributed by atoms with Gasteiger partial charge in [0, 0.05) is 19.0 Å². The van der Waals surface area contributed by atoms with Crippen molar-refractivity contribution >= 4 is 11.0 Å². The van der Waals surface area contributed by atoms with Crippen LogP contribution in [-0.2, 0) is 13.0 Å². The Morgan fingerprint density at radius 2 is 2.00 bits per heavy atom. The van der Waals surface area contributed by atoms with E-state index in [4.69, 9.17) is 4.42 Å². The monoisotopic (exact) mass is 281 g/mol. The van der Waals surface area contributed by atoms with E-state index in [1.165, 1.54) is 0 Å². The summed E-state index contributed by atoms with van der Waals surface area (Å²) in [6.07, 6.45) is 5.55. The largest absolute Gasteiger partial charge is 0.469 e. The number of aryl methyl sites for hydroxylation is 1. The zero-order valence-corrected chi connectivity index (χ0v) is 12.1. The number of nitrogens with one attached hydrogen (secondary N) is 1. The van der Waals surface area contributed by atoms with E-state index in [1.807, 2.05) is 42.6 Å². The Morgan fingerprint density at radius 3 is 2.81 bits per heavy atom. The molecule has 0 aliphatic carbocycles. The average Bonchev–Trinajstić information content (AvgIpc) is 3.04. The first kappa shape index (κ1) is 13.8. The van der Waals surface area contributed by atoms with Crippen molar-refractivity contribution in [2.45, 2.75) is 32.4 Å². The lowest BCUT2D eigenvalue weighted by Gasteiger charge is -2.12. The standard InChI is InChI=1S/C17H19N3O/c1-13(8-9-15-5-4-10-21-15)18-11-14-12-19-16-6-2-3-7-17(16)20-14/h2-7,10,12-13,18H,8-9,11H2,1H3. The van der Waals surface area contributed by atoms with Crippen LogP contribution in [0.1, 0.15) is 24.8 Å². The highest BCUT2D eigenvalue weighted by Crippen LogP contribution is 2.09. The lowest BCUT2D eigenvalue weighted by molar-refractivity contribution is 0.458. The van der Waals surface area contributed by atoms with Gasteiger partial charge in [-0.3, -0.25) is 4.98 Å². The number of hydrogen-bond acceptors (Lipinski definition) is 4. The van der Waals surface area contributed by atoms with Crippen molar-refractivity contribution in [1.82, 2.24) is 15.3 Å². The highest BCUT2D eigenvalue weighted by atomic mass is 16.3. The highest BCUT2D eigenvalue weighted by molar-refractivity contribution is 5.73. The van der Waals surface area contributed by atoms with Crippen molar-refractivity contribution in [2.75, 3.05) is 0 Å². The van der Waals surface area contributed by atoms with E-state index in [0.717, 1.165) is 41.9 Å². The molecule has 2 aromatic heterocycles. The van der Waals surface area contributed by atoms with Gasteiger partial charge in [0.05, 0.1) is 29.2 Å². The van der Waals surface area contributed by atoms with Gasteiger partial charge in [-0.25, -0.2) is 4.98 Å². The second-order valence-electron chi connectivity index (χ2n) is 5.25. The molecule has 108 valence electrons. The lowest BCUT2D eigenvalue weighted by Crippen LogP contribution is -2.26. The minimum atomic E-state index is 0.406. The van der Waals surface area contributed by atoms with E-state index in [-0.39, 0.29) is 0 Å². The lowest BCUT2D eigenvalue weighted by atomic mass is 10.1. The van der Waals surface area contributed by atoms with Gasteiger partial charge >= 0.3 is 0 Å². The maximum atomic E-state index is 5.34. The first-order valence-corrected chi connectivity index (χ1v) is 7.28. The summed E-state index contributed by atoms with van der Waals surface area (Å²) in [5.74, 6) is 1.04. The predicted molar refractivity (Wildman–Crippen MR) is 82.9 cm³/mol. The van der Waals surface area contributed by atoms with Crippen molar-refractivity contribution in [3.8, 4) is 0 Å². The fourth-order valence-corrected chi connectivity index (χ4v) is 2.28. The Labute approximate surface area is 124 Å². The Morgan fingerprint density at radius 1 is 1.14 bits per heavy atom. The van der Waals surface area contributed by atoms with Crippen LogP contribution in [0, 0.1) is 0 Å². The molecule has 1 atom stereocenters. The van der Waals surface area contributed by atoms with Crippen LogP contribution in [0.15, 0.2) is 53.3 Å². The first-order chi connectivity index (χ1) is 10.3. The minimum Gasteiger partial charge on any atom is -0.469 e. The van der Waals surface area contributed by atoms with Crippen LogP contribution in [0.2, 0.25) is 0 Å². The number of hydrogen-bond donors (Lipinski definition) is 1. The van der Waals surface area contributed by atoms with Gasteiger partial charge in [-0.05, 0) is 37.6 Å². The maximum absolute atomic E-state index is 5.34. The molecule has 1 unspecified atom stereocenters. The summed E-state index contributed by atoms with van der Waals surface area (Å²) in [4.78, 5) is 9.04. The normalized spacial score (nSPS) is 12.6. The van der Waals surface area contributed by atoms with Gasteiger partial charge in [0.15, 0.2) is 0 Å². The van der Waals surface area contributed by atoms with Crippen LogP contribution in [0.25, 0.3) is 11.0 Å². The number of nitrogens with zero attached hydrogens (tertiary/aromatic N) is 2. The summed E-state index contributed by atoms with van der Waals surface area (Å²) in [5, 5.41) is 3.48. The van der Waals surface area contributed by atoms with E-state index in [2.05, 4.69) is 22.2 Å². The van der Waals surface area contributed by atoms with Crippen LogP contribution in [-0.4, -0.2) is 16.0 Å². The van der Waals surface area contributed by atoms with Crippen molar-refractivity contribution < 1.29 is 4.42 Å². The number of furan rings is 1. The summed E-state index contributed by atoms with van der Waals surface area (Å²) in [6, 6.07) is 12.3. The summed E-state index contributed by atoms with van der Waals surface area (Å²) in [6.45, 7) is 2.91. The fourth-order valence-electron chi connectivity index (χ4n) is 2.28. The third-order valence-electron chi connectivity index (χ3n) is 3.53. The molecule has 0 aliphatic heterocycles. The van der Waals surface area contributed by atoms with Gasteiger partial charge in [-0.2, -0.15) is 0 Å². The van der Waals surface area contributed by atoms with Gasteiger partial charge in [0.2, 0.25) is 0 Å². The molecular formula is C17H19N3O. The Kier molecular flexibility index (Phi) is 4.26. The summed E-state index contributed by atoms with van der Waals surface area (Å²) < 4.78 is 5.34. The second kappa shape index (κ2) is 6.50. The molecule has 2 heterocycles. The number of rotatable bonds is 6. The minimum absolute atomic E-state index is 0.406. The Balaban J connectivity index is 1.53. The number of aromatic nitrogens is 2. The van der Waals surface area contributed by atoms with Crippen LogP contribution in [0.3, 0.4) is 0 Å². The molecule has 21 heavy (non-hydrogen) atoms. The third kappa shape index (κ3) is 3.67. The van der Waals surface area contributed by atoms with Gasteiger partial charge in [0.25, 0.3) is 0 Å². The Bertz CT molecular complexity index is 694. The average molecular weight is 281 g/mol. The molecule has 1 aromatic carbocycles.